The average molecular weight is 188 g/mol. The fourth-order valence-corrected chi connectivity index (χ4v) is 1.78. The van der Waals surface area contributed by atoms with Crippen molar-refractivity contribution in [2.24, 2.45) is 0 Å². The molecule has 1 aromatic heterocycles. The summed E-state index contributed by atoms with van der Waals surface area (Å²) in [6.07, 6.45) is 3.33. The zero-order valence-electron chi connectivity index (χ0n) is 8.75. The van der Waals surface area contributed by atoms with Gasteiger partial charge < -0.3 is 9.88 Å². The molecule has 0 amide bonds. The van der Waals surface area contributed by atoms with Crippen molar-refractivity contribution in [1.29, 1.82) is 0 Å². The molecule has 0 radical (unpaired) electrons. The molecule has 0 aliphatic heterocycles. The number of aromatic nitrogens is 1. The number of nitrogens with one attached hydrogen (secondary N) is 1. The average Bonchev–Trinajstić information content (AvgIpc) is 2.61. The third kappa shape index (κ3) is 1.48. The molecule has 1 aromatic carbocycles. The van der Waals surface area contributed by atoms with Gasteiger partial charge in [0.15, 0.2) is 0 Å². The van der Waals surface area contributed by atoms with Crippen LogP contribution in [0, 0.1) is 0 Å². The van der Waals surface area contributed by atoms with Crippen molar-refractivity contribution in [3.05, 3.63) is 30.5 Å². The van der Waals surface area contributed by atoms with Crippen molar-refractivity contribution >= 4 is 16.6 Å². The topological polar surface area (TPSA) is 17.0 Å². The molecule has 0 spiro atoms. The second-order valence-corrected chi connectivity index (χ2v) is 3.53. The Bertz CT molecular complexity index is 429. The molecule has 0 atom stereocenters. The third-order valence-corrected chi connectivity index (χ3v) is 2.53. The maximum absolute atomic E-state index is 3.16. The van der Waals surface area contributed by atoms with E-state index in [0.29, 0.717) is 0 Å². The largest absolute Gasteiger partial charge is 0.388 e. The lowest BCUT2D eigenvalue weighted by atomic mass is 10.2. The van der Waals surface area contributed by atoms with Gasteiger partial charge in [-0.2, -0.15) is 0 Å². The fraction of sp³-hybridized carbons (Fsp3) is 0.333. The van der Waals surface area contributed by atoms with Gasteiger partial charge in [-0.15, -0.1) is 0 Å². The number of anilines is 1. The first-order chi connectivity index (χ1) is 6.85. The molecule has 2 aromatic rings. The van der Waals surface area contributed by atoms with E-state index < -0.39 is 0 Å². The van der Waals surface area contributed by atoms with E-state index in [4.69, 9.17) is 0 Å². The number of aryl methyl sites for hydroxylation is 1. The summed E-state index contributed by atoms with van der Waals surface area (Å²) in [5.41, 5.74) is 2.49. The Hall–Kier alpha value is -1.44. The molecule has 14 heavy (non-hydrogen) atoms. The number of rotatable bonds is 3. The summed E-state index contributed by atoms with van der Waals surface area (Å²) in [7, 11) is 1.95. The lowest BCUT2D eigenvalue weighted by Crippen LogP contribution is -1.94. The van der Waals surface area contributed by atoms with E-state index in [-0.39, 0.29) is 0 Å². The molecular formula is C12H16N2. The van der Waals surface area contributed by atoms with Crippen LogP contribution in [0.1, 0.15) is 13.3 Å². The number of benzene rings is 1. The zero-order chi connectivity index (χ0) is 9.97. The first kappa shape index (κ1) is 9.13. The Balaban J connectivity index is 2.52. The lowest BCUT2D eigenvalue weighted by Gasteiger charge is -2.04. The quantitative estimate of drug-likeness (QED) is 0.783. The highest BCUT2D eigenvalue weighted by Crippen LogP contribution is 2.20. The monoisotopic (exact) mass is 188 g/mol. The van der Waals surface area contributed by atoms with Crippen molar-refractivity contribution in [3.63, 3.8) is 0 Å². The standard InChI is InChI=1S/C12H16N2/c1-3-7-14-8-6-10-4-5-11(13-2)9-12(10)14/h4-6,8-9,13H,3,7H2,1-2H3. The summed E-state index contributed by atoms with van der Waals surface area (Å²) in [5.74, 6) is 0. The SMILES string of the molecule is CCCn1ccc2ccc(NC)cc21. The maximum Gasteiger partial charge on any atom is 0.0500 e. The van der Waals surface area contributed by atoms with E-state index >= 15 is 0 Å². The van der Waals surface area contributed by atoms with Gasteiger partial charge in [0.2, 0.25) is 0 Å². The molecule has 2 heteroatoms. The van der Waals surface area contributed by atoms with Gasteiger partial charge >= 0.3 is 0 Å². The van der Waals surface area contributed by atoms with Crippen LogP contribution in [0.3, 0.4) is 0 Å². The second kappa shape index (κ2) is 3.74. The minimum absolute atomic E-state index is 1.09. The van der Waals surface area contributed by atoms with Gasteiger partial charge in [-0.1, -0.05) is 13.0 Å². The van der Waals surface area contributed by atoms with Crippen molar-refractivity contribution in [2.75, 3.05) is 12.4 Å². The normalized spacial score (nSPS) is 10.7. The summed E-state index contributed by atoms with van der Waals surface area (Å²) in [5, 5.41) is 4.48. The molecule has 74 valence electrons. The molecular weight excluding hydrogens is 172 g/mol. The van der Waals surface area contributed by atoms with Crippen molar-refractivity contribution in [1.82, 2.24) is 4.57 Å². The molecule has 1 N–H and O–H groups in total. The summed E-state index contributed by atoms with van der Waals surface area (Å²) in [4.78, 5) is 0. The number of hydrogen-bond donors (Lipinski definition) is 1. The highest BCUT2D eigenvalue weighted by molar-refractivity contribution is 5.83. The van der Waals surface area contributed by atoms with Crippen LogP contribution >= 0.6 is 0 Å². The van der Waals surface area contributed by atoms with E-state index in [2.05, 4.69) is 47.3 Å². The van der Waals surface area contributed by atoms with E-state index in [9.17, 15) is 0 Å². The van der Waals surface area contributed by atoms with E-state index in [1.165, 1.54) is 23.0 Å². The second-order valence-electron chi connectivity index (χ2n) is 3.53. The minimum Gasteiger partial charge on any atom is -0.388 e. The van der Waals surface area contributed by atoms with E-state index in [0.717, 1.165) is 6.54 Å². The Morgan fingerprint density at radius 3 is 2.86 bits per heavy atom. The highest BCUT2D eigenvalue weighted by Gasteiger charge is 2.00. The third-order valence-electron chi connectivity index (χ3n) is 2.53. The van der Waals surface area contributed by atoms with Gasteiger partial charge in [0, 0.05) is 25.5 Å². The predicted octanol–water partition coefficient (Wildman–Crippen LogP) is 3.09. The highest BCUT2D eigenvalue weighted by atomic mass is 15.0. The Morgan fingerprint density at radius 2 is 2.14 bits per heavy atom. The summed E-state index contributed by atoms with van der Waals surface area (Å²) in [6, 6.07) is 8.64. The molecule has 1 heterocycles. The molecule has 0 aliphatic carbocycles. The van der Waals surface area contributed by atoms with Crippen molar-refractivity contribution < 1.29 is 0 Å². The Morgan fingerprint density at radius 1 is 1.29 bits per heavy atom. The van der Waals surface area contributed by atoms with Crippen LogP contribution in [0.4, 0.5) is 5.69 Å². The lowest BCUT2D eigenvalue weighted by molar-refractivity contribution is 0.704. The van der Waals surface area contributed by atoms with Crippen LogP contribution in [0.5, 0.6) is 0 Å². The molecule has 2 rings (SSSR count). The maximum atomic E-state index is 3.16. The van der Waals surface area contributed by atoms with Gasteiger partial charge in [-0.05, 0) is 30.0 Å². The summed E-state index contributed by atoms with van der Waals surface area (Å²) < 4.78 is 2.30. The van der Waals surface area contributed by atoms with E-state index in [1.54, 1.807) is 0 Å². The first-order valence-electron chi connectivity index (χ1n) is 5.12. The molecule has 0 bridgehead atoms. The van der Waals surface area contributed by atoms with Crippen molar-refractivity contribution in [3.8, 4) is 0 Å². The van der Waals surface area contributed by atoms with Gasteiger partial charge in [-0.25, -0.2) is 0 Å². The molecule has 0 saturated heterocycles. The van der Waals surface area contributed by atoms with Crippen LogP contribution in [-0.4, -0.2) is 11.6 Å². The van der Waals surface area contributed by atoms with Crippen LogP contribution in [0.25, 0.3) is 10.9 Å². The smallest absolute Gasteiger partial charge is 0.0500 e. The molecule has 0 saturated carbocycles. The van der Waals surface area contributed by atoms with Gasteiger partial charge in [0.05, 0.1) is 5.52 Å². The van der Waals surface area contributed by atoms with Gasteiger partial charge in [-0.3, -0.25) is 0 Å². The van der Waals surface area contributed by atoms with Crippen molar-refractivity contribution in [2.45, 2.75) is 19.9 Å². The zero-order valence-corrected chi connectivity index (χ0v) is 8.75. The number of fused-ring (bicyclic) bond motifs is 1. The molecule has 0 aliphatic rings. The number of hydrogen-bond acceptors (Lipinski definition) is 1. The first-order valence-corrected chi connectivity index (χ1v) is 5.12. The fourth-order valence-electron chi connectivity index (χ4n) is 1.78. The number of nitrogens with zero attached hydrogens (tertiary/aromatic N) is 1. The minimum atomic E-state index is 1.09. The molecule has 2 nitrogen and oxygen atoms in total. The van der Waals surface area contributed by atoms with Gasteiger partial charge in [0.25, 0.3) is 0 Å². The van der Waals surface area contributed by atoms with Crippen LogP contribution < -0.4 is 5.32 Å². The molecule has 0 unspecified atom stereocenters. The van der Waals surface area contributed by atoms with Gasteiger partial charge in [0.1, 0.15) is 0 Å². The van der Waals surface area contributed by atoms with Crippen LogP contribution in [-0.2, 0) is 6.54 Å². The van der Waals surface area contributed by atoms with Crippen LogP contribution in [0.2, 0.25) is 0 Å². The summed E-state index contributed by atoms with van der Waals surface area (Å²) in [6.45, 7) is 3.30. The summed E-state index contributed by atoms with van der Waals surface area (Å²) >= 11 is 0. The predicted molar refractivity (Wildman–Crippen MR) is 61.8 cm³/mol. The van der Waals surface area contributed by atoms with E-state index in [1.807, 2.05) is 7.05 Å². The Labute approximate surface area is 84.5 Å². The Kier molecular flexibility index (Phi) is 2.44. The van der Waals surface area contributed by atoms with Crippen LogP contribution in [0.15, 0.2) is 30.5 Å². The molecule has 0 fully saturated rings.